The number of aromatic nitrogens is 1. The van der Waals surface area contributed by atoms with Gasteiger partial charge in [-0.2, -0.15) is 0 Å². The second-order valence-corrected chi connectivity index (χ2v) is 6.53. The van der Waals surface area contributed by atoms with Crippen LogP contribution >= 0.6 is 11.3 Å². The third kappa shape index (κ3) is 2.31. The summed E-state index contributed by atoms with van der Waals surface area (Å²) in [5, 5.41) is 2.08. The van der Waals surface area contributed by atoms with E-state index < -0.39 is 0 Å². The van der Waals surface area contributed by atoms with Crippen molar-refractivity contribution in [1.82, 2.24) is 9.88 Å². The van der Waals surface area contributed by atoms with Crippen LogP contribution < -0.4 is 0 Å². The number of aryl methyl sites for hydroxylation is 1. The number of fused-ring (bicyclic) bond motifs is 1. The number of aromatic amines is 1. The molecule has 0 bridgehead atoms. The number of ketones is 1. The molecule has 0 radical (unpaired) electrons. The zero-order valence-corrected chi connectivity index (χ0v) is 13.3. The van der Waals surface area contributed by atoms with Gasteiger partial charge in [-0.3, -0.25) is 9.59 Å². The Balaban J connectivity index is 1.90. The van der Waals surface area contributed by atoms with Crippen LogP contribution in [0.15, 0.2) is 11.4 Å². The van der Waals surface area contributed by atoms with Gasteiger partial charge >= 0.3 is 0 Å². The quantitative estimate of drug-likeness (QED) is 0.867. The molecule has 0 aliphatic carbocycles. The third-order valence-corrected chi connectivity index (χ3v) is 5.12. The second kappa shape index (κ2) is 5.15. The van der Waals surface area contributed by atoms with Crippen molar-refractivity contribution in [3.8, 4) is 0 Å². The number of hydrogen-bond donors (Lipinski definition) is 1. The number of H-pyrrole nitrogens is 1. The van der Waals surface area contributed by atoms with Crippen LogP contribution in [0.3, 0.4) is 0 Å². The van der Waals surface area contributed by atoms with Crippen LogP contribution in [0.5, 0.6) is 0 Å². The van der Waals surface area contributed by atoms with Gasteiger partial charge in [0.2, 0.25) is 0 Å². The highest BCUT2D eigenvalue weighted by Gasteiger charge is 2.26. The van der Waals surface area contributed by atoms with E-state index in [0.717, 1.165) is 24.2 Å². The maximum atomic E-state index is 12.7. The summed E-state index contributed by atoms with van der Waals surface area (Å²) in [6, 6.07) is 2.09. The molecule has 5 heteroatoms. The maximum absolute atomic E-state index is 12.7. The fourth-order valence-electron chi connectivity index (χ4n) is 3.07. The molecule has 0 unspecified atom stereocenters. The number of thiophene rings is 1. The summed E-state index contributed by atoms with van der Waals surface area (Å²) in [7, 11) is 0. The summed E-state index contributed by atoms with van der Waals surface area (Å²) in [4.78, 5) is 30.7. The van der Waals surface area contributed by atoms with Crippen molar-refractivity contribution >= 4 is 23.0 Å². The minimum atomic E-state index is -0.0139. The van der Waals surface area contributed by atoms with Crippen LogP contribution in [0.2, 0.25) is 0 Å². The largest absolute Gasteiger partial charge is 0.354 e. The molecule has 3 heterocycles. The van der Waals surface area contributed by atoms with Crippen LogP contribution in [-0.2, 0) is 13.0 Å². The fraction of sp³-hybridized carbons (Fsp3) is 0.375. The lowest BCUT2D eigenvalue weighted by Gasteiger charge is -2.26. The summed E-state index contributed by atoms with van der Waals surface area (Å²) in [5.41, 5.74) is 3.98. The topological polar surface area (TPSA) is 53.2 Å². The number of amides is 1. The van der Waals surface area contributed by atoms with E-state index >= 15 is 0 Å². The summed E-state index contributed by atoms with van der Waals surface area (Å²) in [6.45, 7) is 6.61. The number of Topliss-reactive ketones (excluding diaryl/α,β-unsaturated/α-hetero) is 1. The molecular formula is C16H18N2O2S. The first kappa shape index (κ1) is 14.1. The van der Waals surface area contributed by atoms with E-state index in [1.807, 2.05) is 18.7 Å². The predicted octanol–water partition coefficient (Wildman–Crippen LogP) is 3.09. The summed E-state index contributed by atoms with van der Waals surface area (Å²) < 4.78 is 0. The third-order valence-electron chi connectivity index (χ3n) is 4.10. The molecule has 0 saturated carbocycles. The summed E-state index contributed by atoms with van der Waals surface area (Å²) in [6.07, 6.45) is 0.914. The van der Waals surface area contributed by atoms with Gasteiger partial charge in [0.05, 0.1) is 0 Å². The van der Waals surface area contributed by atoms with Gasteiger partial charge in [-0.25, -0.2) is 0 Å². The molecule has 4 nitrogen and oxygen atoms in total. The highest BCUT2D eigenvalue weighted by atomic mass is 32.1. The van der Waals surface area contributed by atoms with E-state index in [2.05, 4.69) is 16.4 Å². The van der Waals surface area contributed by atoms with Gasteiger partial charge < -0.3 is 9.88 Å². The van der Waals surface area contributed by atoms with Crippen molar-refractivity contribution in [1.29, 1.82) is 0 Å². The number of nitrogens with one attached hydrogen (secondary N) is 1. The minimum absolute atomic E-state index is 0.000866. The van der Waals surface area contributed by atoms with E-state index in [0.29, 0.717) is 17.8 Å². The normalized spacial score (nSPS) is 14.1. The fourth-order valence-corrected chi connectivity index (χ4v) is 3.96. The molecule has 3 rings (SSSR count). The molecule has 0 fully saturated rings. The SMILES string of the molecule is CC(=O)c1c(C)[nH]c(C(=O)N2CCc3sccc3C2)c1C. The molecule has 0 aromatic carbocycles. The number of carbonyl (C=O) groups is 2. The van der Waals surface area contributed by atoms with Crippen LogP contribution in [0.25, 0.3) is 0 Å². The number of hydrogen-bond acceptors (Lipinski definition) is 3. The Morgan fingerprint density at radius 3 is 2.76 bits per heavy atom. The Hall–Kier alpha value is -1.88. The lowest BCUT2D eigenvalue weighted by atomic mass is 10.1. The van der Waals surface area contributed by atoms with E-state index in [9.17, 15) is 9.59 Å². The van der Waals surface area contributed by atoms with Gasteiger partial charge in [-0.05, 0) is 49.8 Å². The molecule has 2 aromatic rings. The predicted molar refractivity (Wildman–Crippen MR) is 83.0 cm³/mol. The van der Waals surface area contributed by atoms with Crippen molar-refractivity contribution in [3.05, 3.63) is 44.4 Å². The number of carbonyl (C=O) groups excluding carboxylic acids is 2. The molecule has 1 amide bonds. The van der Waals surface area contributed by atoms with Crippen LogP contribution in [0.4, 0.5) is 0 Å². The summed E-state index contributed by atoms with van der Waals surface area (Å²) in [5.74, 6) is -0.0148. The van der Waals surface area contributed by atoms with E-state index in [1.54, 1.807) is 11.3 Å². The first-order valence-corrected chi connectivity index (χ1v) is 7.91. The van der Waals surface area contributed by atoms with Crippen molar-refractivity contribution in [2.75, 3.05) is 6.54 Å². The molecule has 110 valence electrons. The van der Waals surface area contributed by atoms with E-state index in [1.165, 1.54) is 17.4 Å². The second-order valence-electron chi connectivity index (χ2n) is 5.53. The molecule has 2 aromatic heterocycles. The first-order valence-electron chi connectivity index (χ1n) is 7.03. The minimum Gasteiger partial charge on any atom is -0.354 e. The smallest absolute Gasteiger partial charge is 0.270 e. The highest BCUT2D eigenvalue weighted by Crippen LogP contribution is 2.26. The van der Waals surface area contributed by atoms with Gasteiger partial charge in [0.25, 0.3) is 5.91 Å². The van der Waals surface area contributed by atoms with Gasteiger partial charge in [0, 0.05) is 29.2 Å². The molecular weight excluding hydrogens is 284 g/mol. The zero-order chi connectivity index (χ0) is 15.1. The Kier molecular flexibility index (Phi) is 3.45. The van der Waals surface area contributed by atoms with Gasteiger partial charge in [0.1, 0.15) is 5.69 Å². The van der Waals surface area contributed by atoms with Crippen molar-refractivity contribution in [3.63, 3.8) is 0 Å². The molecule has 1 aliphatic rings. The average Bonchev–Trinajstić information content (AvgIpc) is 3.01. The van der Waals surface area contributed by atoms with Gasteiger partial charge in [-0.1, -0.05) is 0 Å². The molecule has 0 saturated heterocycles. The molecule has 1 N–H and O–H groups in total. The Morgan fingerprint density at radius 1 is 1.33 bits per heavy atom. The standard InChI is InChI=1S/C16H18N2O2S/c1-9-14(11(3)19)10(2)17-15(9)16(20)18-6-4-13-12(8-18)5-7-21-13/h5,7,17H,4,6,8H2,1-3H3. The number of rotatable bonds is 2. The lowest BCUT2D eigenvalue weighted by Crippen LogP contribution is -2.35. The summed E-state index contributed by atoms with van der Waals surface area (Å²) >= 11 is 1.76. The maximum Gasteiger partial charge on any atom is 0.270 e. The van der Waals surface area contributed by atoms with E-state index in [4.69, 9.17) is 0 Å². The Morgan fingerprint density at radius 2 is 2.10 bits per heavy atom. The van der Waals surface area contributed by atoms with Crippen LogP contribution in [0.1, 0.15) is 49.5 Å². The van der Waals surface area contributed by atoms with E-state index in [-0.39, 0.29) is 11.7 Å². The van der Waals surface area contributed by atoms with Gasteiger partial charge in [-0.15, -0.1) is 11.3 Å². The molecule has 0 atom stereocenters. The van der Waals surface area contributed by atoms with Crippen molar-refractivity contribution < 1.29 is 9.59 Å². The molecule has 21 heavy (non-hydrogen) atoms. The Bertz CT molecular complexity index is 727. The highest BCUT2D eigenvalue weighted by molar-refractivity contribution is 7.10. The lowest BCUT2D eigenvalue weighted by molar-refractivity contribution is 0.0729. The van der Waals surface area contributed by atoms with Gasteiger partial charge in [0.15, 0.2) is 5.78 Å². The van der Waals surface area contributed by atoms with Crippen molar-refractivity contribution in [2.45, 2.75) is 33.7 Å². The Labute approximate surface area is 127 Å². The monoisotopic (exact) mass is 302 g/mol. The molecule has 0 spiro atoms. The first-order chi connectivity index (χ1) is 9.99. The zero-order valence-electron chi connectivity index (χ0n) is 12.4. The number of nitrogens with zero attached hydrogens (tertiary/aromatic N) is 1. The van der Waals surface area contributed by atoms with Crippen molar-refractivity contribution in [2.24, 2.45) is 0 Å². The molecule has 1 aliphatic heterocycles. The van der Waals surface area contributed by atoms with Crippen LogP contribution in [0, 0.1) is 13.8 Å². The average molecular weight is 302 g/mol. The van der Waals surface area contributed by atoms with Crippen LogP contribution in [-0.4, -0.2) is 28.1 Å².